The molecular weight excluding hydrogens is 202 g/mol. The first kappa shape index (κ1) is 10.7. The van der Waals surface area contributed by atoms with Gasteiger partial charge in [0.2, 0.25) is 0 Å². The summed E-state index contributed by atoms with van der Waals surface area (Å²) in [7, 11) is 1.92. The Morgan fingerprint density at radius 1 is 1.38 bits per heavy atom. The molecule has 0 atom stereocenters. The molecule has 0 bridgehead atoms. The zero-order valence-corrected chi connectivity index (χ0v) is 9.72. The first-order valence-corrected chi connectivity index (χ1v) is 5.53. The molecular formula is C11H17N5. The molecule has 0 fully saturated rings. The van der Waals surface area contributed by atoms with Gasteiger partial charge in [0.05, 0.1) is 12.4 Å². The van der Waals surface area contributed by atoms with E-state index in [0.29, 0.717) is 0 Å². The molecule has 86 valence electrons. The molecule has 0 aliphatic rings. The molecule has 5 nitrogen and oxygen atoms in total. The predicted molar refractivity (Wildman–Crippen MR) is 63.1 cm³/mol. The molecule has 0 unspecified atom stereocenters. The van der Waals surface area contributed by atoms with E-state index in [1.807, 2.05) is 28.7 Å². The van der Waals surface area contributed by atoms with Crippen molar-refractivity contribution < 1.29 is 0 Å². The summed E-state index contributed by atoms with van der Waals surface area (Å²) < 4.78 is 3.79. The fourth-order valence-electron chi connectivity index (χ4n) is 1.59. The smallest absolute Gasteiger partial charge is 0.124 e. The zero-order valence-electron chi connectivity index (χ0n) is 9.72. The van der Waals surface area contributed by atoms with Gasteiger partial charge in [-0.25, -0.2) is 0 Å². The van der Waals surface area contributed by atoms with Crippen molar-refractivity contribution in [1.29, 1.82) is 0 Å². The van der Waals surface area contributed by atoms with E-state index in [4.69, 9.17) is 0 Å². The van der Waals surface area contributed by atoms with Crippen LogP contribution >= 0.6 is 0 Å². The average molecular weight is 219 g/mol. The Labute approximate surface area is 95.1 Å². The number of anilines is 1. The summed E-state index contributed by atoms with van der Waals surface area (Å²) in [5.74, 6) is 1.02. The van der Waals surface area contributed by atoms with Crippen molar-refractivity contribution in [1.82, 2.24) is 19.6 Å². The zero-order chi connectivity index (χ0) is 11.4. The molecule has 0 saturated heterocycles. The van der Waals surface area contributed by atoms with Crippen LogP contribution in [-0.4, -0.2) is 19.6 Å². The molecule has 0 saturated carbocycles. The van der Waals surface area contributed by atoms with Crippen molar-refractivity contribution in [2.45, 2.75) is 26.4 Å². The van der Waals surface area contributed by atoms with Crippen LogP contribution in [-0.2, 0) is 20.1 Å². The minimum atomic E-state index is 0.781. The normalized spacial score (nSPS) is 10.6. The minimum Gasteiger partial charge on any atom is -0.366 e. The number of hydrogen-bond donors (Lipinski definition) is 1. The van der Waals surface area contributed by atoms with Gasteiger partial charge in [-0.1, -0.05) is 6.92 Å². The molecule has 0 spiro atoms. The van der Waals surface area contributed by atoms with E-state index in [2.05, 4.69) is 28.6 Å². The van der Waals surface area contributed by atoms with Crippen molar-refractivity contribution in [3.63, 3.8) is 0 Å². The molecule has 2 aromatic rings. The molecule has 0 amide bonds. The van der Waals surface area contributed by atoms with Gasteiger partial charge in [0.25, 0.3) is 0 Å². The van der Waals surface area contributed by atoms with E-state index in [0.717, 1.165) is 25.3 Å². The van der Waals surface area contributed by atoms with Crippen LogP contribution in [0.4, 0.5) is 5.82 Å². The maximum atomic E-state index is 4.28. The lowest BCUT2D eigenvalue weighted by Crippen LogP contribution is -2.04. The molecule has 0 aromatic carbocycles. The highest BCUT2D eigenvalue weighted by Crippen LogP contribution is 2.06. The third kappa shape index (κ3) is 2.42. The number of hydrogen-bond acceptors (Lipinski definition) is 3. The third-order valence-corrected chi connectivity index (χ3v) is 2.43. The van der Waals surface area contributed by atoms with Crippen molar-refractivity contribution in [2.24, 2.45) is 7.05 Å². The monoisotopic (exact) mass is 219 g/mol. The fraction of sp³-hybridized carbons (Fsp3) is 0.455. The van der Waals surface area contributed by atoms with Crippen LogP contribution in [0.15, 0.2) is 24.7 Å². The van der Waals surface area contributed by atoms with Crippen LogP contribution in [0.2, 0.25) is 0 Å². The quantitative estimate of drug-likeness (QED) is 0.831. The Kier molecular flexibility index (Phi) is 3.24. The maximum absolute atomic E-state index is 4.28. The number of aryl methyl sites for hydroxylation is 2. The van der Waals surface area contributed by atoms with E-state index in [1.165, 1.54) is 5.56 Å². The summed E-state index contributed by atoms with van der Waals surface area (Å²) >= 11 is 0. The summed E-state index contributed by atoms with van der Waals surface area (Å²) in [5, 5.41) is 11.7. The number of nitrogens with zero attached hydrogens (tertiary/aromatic N) is 4. The summed E-state index contributed by atoms with van der Waals surface area (Å²) in [5.41, 5.74) is 1.19. The number of nitrogens with one attached hydrogen (secondary N) is 1. The SMILES string of the molecule is CCCn1cc(CNc2ccnn2C)cn1. The van der Waals surface area contributed by atoms with Crippen molar-refractivity contribution in [2.75, 3.05) is 5.32 Å². The second-order valence-corrected chi connectivity index (χ2v) is 3.81. The van der Waals surface area contributed by atoms with Crippen molar-refractivity contribution in [3.05, 3.63) is 30.2 Å². The topological polar surface area (TPSA) is 47.7 Å². The third-order valence-electron chi connectivity index (χ3n) is 2.43. The fourth-order valence-corrected chi connectivity index (χ4v) is 1.59. The Morgan fingerprint density at radius 3 is 2.94 bits per heavy atom. The molecule has 0 radical (unpaired) electrons. The van der Waals surface area contributed by atoms with Gasteiger partial charge >= 0.3 is 0 Å². The van der Waals surface area contributed by atoms with E-state index < -0.39 is 0 Å². The van der Waals surface area contributed by atoms with E-state index in [9.17, 15) is 0 Å². The van der Waals surface area contributed by atoms with Gasteiger partial charge in [-0.2, -0.15) is 10.2 Å². The first-order valence-electron chi connectivity index (χ1n) is 5.53. The van der Waals surface area contributed by atoms with Crippen molar-refractivity contribution >= 4 is 5.82 Å². The number of aromatic nitrogens is 4. The average Bonchev–Trinajstić information content (AvgIpc) is 2.86. The standard InChI is InChI=1S/C11H17N5/c1-3-6-16-9-10(8-14-16)7-12-11-4-5-13-15(11)2/h4-5,8-9,12H,3,6-7H2,1-2H3. The lowest BCUT2D eigenvalue weighted by Gasteiger charge is -2.03. The Morgan fingerprint density at radius 2 is 2.25 bits per heavy atom. The highest BCUT2D eigenvalue weighted by Gasteiger charge is 2.00. The van der Waals surface area contributed by atoms with Crippen LogP contribution in [0.5, 0.6) is 0 Å². The number of rotatable bonds is 5. The van der Waals surface area contributed by atoms with Gasteiger partial charge in [-0.3, -0.25) is 9.36 Å². The lowest BCUT2D eigenvalue weighted by atomic mass is 10.3. The molecule has 1 N–H and O–H groups in total. The van der Waals surface area contributed by atoms with Gasteiger partial charge in [0.15, 0.2) is 0 Å². The Hall–Kier alpha value is -1.78. The van der Waals surface area contributed by atoms with Crippen LogP contribution < -0.4 is 5.32 Å². The van der Waals surface area contributed by atoms with Crippen LogP contribution in [0.25, 0.3) is 0 Å². The first-order chi connectivity index (χ1) is 7.79. The second-order valence-electron chi connectivity index (χ2n) is 3.81. The summed E-state index contributed by atoms with van der Waals surface area (Å²) in [6.45, 7) is 3.91. The molecule has 0 aliphatic carbocycles. The molecule has 2 rings (SSSR count). The van der Waals surface area contributed by atoms with Gasteiger partial charge < -0.3 is 5.32 Å². The minimum absolute atomic E-state index is 0.781. The van der Waals surface area contributed by atoms with E-state index in [-0.39, 0.29) is 0 Å². The van der Waals surface area contributed by atoms with E-state index in [1.54, 1.807) is 6.20 Å². The van der Waals surface area contributed by atoms with Crippen LogP contribution in [0, 0.1) is 0 Å². The summed E-state index contributed by atoms with van der Waals surface area (Å²) in [6, 6.07) is 1.95. The van der Waals surface area contributed by atoms with Gasteiger partial charge in [0, 0.05) is 38.0 Å². The Bertz CT molecular complexity index is 443. The van der Waals surface area contributed by atoms with Crippen LogP contribution in [0.1, 0.15) is 18.9 Å². The van der Waals surface area contributed by atoms with Gasteiger partial charge in [0.1, 0.15) is 5.82 Å². The van der Waals surface area contributed by atoms with E-state index >= 15 is 0 Å². The molecule has 16 heavy (non-hydrogen) atoms. The highest BCUT2D eigenvalue weighted by atomic mass is 15.3. The maximum Gasteiger partial charge on any atom is 0.124 e. The van der Waals surface area contributed by atoms with Crippen LogP contribution in [0.3, 0.4) is 0 Å². The van der Waals surface area contributed by atoms with Crippen molar-refractivity contribution in [3.8, 4) is 0 Å². The van der Waals surface area contributed by atoms with Gasteiger partial charge in [-0.05, 0) is 6.42 Å². The largest absolute Gasteiger partial charge is 0.366 e. The molecule has 2 heterocycles. The molecule has 5 heteroatoms. The highest BCUT2D eigenvalue weighted by molar-refractivity contribution is 5.34. The summed E-state index contributed by atoms with van der Waals surface area (Å²) in [4.78, 5) is 0. The predicted octanol–water partition coefficient (Wildman–Crippen LogP) is 1.64. The second kappa shape index (κ2) is 4.83. The molecule has 0 aliphatic heterocycles. The molecule has 2 aromatic heterocycles. The lowest BCUT2D eigenvalue weighted by molar-refractivity contribution is 0.602. The summed E-state index contributed by atoms with van der Waals surface area (Å²) in [6.07, 6.45) is 6.87. The Balaban J connectivity index is 1.92. The van der Waals surface area contributed by atoms with Gasteiger partial charge in [-0.15, -0.1) is 0 Å².